The first-order valence-electron chi connectivity index (χ1n) is 6.27. The van der Waals surface area contributed by atoms with E-state index >= 15 is 0 Å². The van der Waals surface area contributed by atoms with Gasteiger partial charge < -0.3 is 4.74 Å². The zero-order chi connectivity index (χ0) is 13.8. The molecule has 2 aromatic carbocycles. The lowest BCUT2D eigenvalue weighted by Crippen LogP contribution is -2.01. The Bertz CT molecular complexity index is 581. The Kier molecular flexibility index (Phi) is 4.59. The van der Waals surface area contributed by atoms with Crippen molar-refractivity contribution in [2.75, 3.05) is 0 Å². The summed E-state index contributed by atoms with van der Waals surface area (Å²) in [5.74, 6) is 0.570. The van der Waals surface area contributed by atoms with Gasteiger partial charge in [0, 0.05) is 5.56 Å². The van der Waals surface area contributed by atoms with Crippen LogP contribution >= 0.6 is 15.9 Å². The lowest BCUT2D eigenvalue weighted by atomic mass is 10.1. The molecule has 0 aliphatic rings. The molecule has 100 valence electrons. The Morgan fingerprint density at radius 2 is 1.89 bits per heavy atom. The van der Waals surface area contributed by atoms with Crippen LogP contribution in [0.3, 0.4) is 0 Å². The van der Waals surface area contributed by atoms with Crippen LogP contribution in [0.1, 0.15) is 23.6 Å². The molecule has 0 radical (unpaired) electrons. The summed E-state index contributed by atoms with van der Waals surface area (Å²) in [5.41, 5.74) is 2.88. The van der Waals surface area contributed by atoms with Crippen LogP contribution in [0.4, 0.5) is 4.39 Å². The van der Waals surface area contributed by atoms with Crippen LogP contribution in [0.5, 0.6) is 5.75 Å². The molecule has 0 heterocycles. The van der Waals surface area contributed by atoms with Gasteiger partial charge in [0.15, 0.2) is 0 Å². The molecular formula is C16H16BrFO. The van der Waals surface area contributed by atoms with Gasteiger partial charge in [-0.2, -0.15) is 0 Å². The molecule has 1 nitrogen and oxygen atoms in total. The van der Waals surface area contributed by atoms with Crippen molar-refractivity contribution in [1.82, 2.24) is 0 Å². The molecular weight excluding hydrogens is 307 g/mol. The number of hydrogen-bond acceptors (Lipinski definition) is 1. The summed E-state index contributed by atoms with van der Waals surface area (Å²) in [6.45, 7) is 4.36. The highest BCUT2D eigenvalue weighted by Crippen LogP contribution is 2.32. The Morgan fingerprint density at radius 3 is 2.58 bits per heavy atom. The molecule has 0 aliphatic heterocycles. The number of ether oxygens (including phenoxy) is 1. The van der Waals surface area contributed by atoms with Crippen molar-refractivity contribution in [3.8, 4) is 5.75 Å². The van der Waals surface area contributed by atoms with Gasteiger partial charge in [0.2, 0.25) is 0 Å². The maximum absolute atomic E-state index is 13.5. The van der Waals surface area contributed by atoms with Gasteiger partial charge in [0.1, 0.15) is 18.2 Å². The van der Waals surface area contributed by atoms with E-state index in [4.69, 9.17) is 4.74 Å². The molecule has 3 heteroatoms. The van der Waals surface area contributed by atoms with Gasteiger partial charge in [-0.05, 0) is 52.5 Å². The predicted molar refractivity (Wildman–Crippen MR) is 79.0 cm³/mol. The van der Waals surface area contributed by atoms with E-state index in [9.17, 15) is 4.39 Å². The van der Waals surface area contributed by atoms with E-state index in [1.54, 1.807) is 12.1 Å². The van der Waals surface area contributed by atoms with Crippen molar-refractivity contribution >= 4 is 15.9 Å². The highest BCUT2D eigenvalue weighted by Gasteiger charge is 2.10. The van der Waals surface area contributed by atoms with Crippen molar-refractivity contribution in [1.29, 1.82) is 0 Å². The minimum absolute atomic E-state index is 0.233. The molecule has 0 atom stereocenters. The summed E-state index contributed by atoms with van der Waals surface area (Å²) in [6, 6.07) is 10.8. The number of hydrogen-bond donors (Lipinski definition) is 0. The molecule has 0 fully saturated rings. The number of benzene rings is 2. The molecule has 2 aromatic rings. The average molecular weight is 323 g/mol. The number of rotatable bonds is 4. The van der Waals surface area contributed by atoms with Crippen LogP contribution in [-0.2, 0) is 13.0 Å². The molecule has 0 saturated carbocycles. The highest BCUT2D eigenvalue weighted by molar-refractivity contribution is 9.10. The van der Waals surface area contributed by atoms with E-state index in [1.807, 2.05) is 19.1 Å². The molecule has 0 aromatic heterocycles. The first-order valence-corrected chi connectivity index (χ1v) is 7.06. The third-order valence-electron chi connectivity index (χ3n) is 2.98. The fraction of sp³-hybridized carbons (Fsp3) is 0.250. The normalized spacial score (nSPS) is 10.5. The summed E-state index contributed by atoms with van der Waals surface area (Å²) < 4.78 is 20.3. The molecule has 2 rings (SSSR count). The Morgan fingerprint density at radius 1 is 1.16 bits per heavy atom. The van der Waals surface area contributed by atoms with Crippen molar-refractivity contribution in [2.45, 2.75) is 26.9 Å². The summed E-state index contributed by atoms with van der Waals surface area (Å²) in [6.07, 6.45) is 0.882. The molecule has 0 saturated heterocycles. The van der Waals surface area contributed by atoms with Crippen molar-refractivity contribution in [3.05, 3.63) is 63.4 Å². The zero-order valence-corrected chi connectivity index (χ0v) is 12.6. The molecule has 0 unspecified atom stereocenters. The summed E-state index contributed by atoms with van der Waals surface area (Å²) in [7, 11) is 0. The Hall–Kier alpha value is -1.35. The molecule has 0 amide bonds. The van der Waals surface area contributed by atoms with Crippen molar-refractivity contribution in [3.63, 3.8) is 0 Å². The van der Waals surface area contributed by atoms with Crippen LogP contribution in [-0.4, -0.2) is 0 Å². The molecule has 0 spiro atoms. The SMILES string of the molecule is CCc1cc(C)cc(Br)c1OCc1ccccc1F. The summed E-state index contributed by atoms with van der Waals surface area (Å²) in [4.78, 5) is 0. The van der Waals surface area contributed by atoms with Gasteiger partial charge in [0.05, 0.1) is 4.47 Å². The molecule has 0 aliphatic carbocycles. The van der Waals surface area contributed by atoms with Crippen LogP contribution in [0, 0.1) is 12.7 Å². The lowest BCUT2D eigenvalue weighted by molar-refractivity contribution is 0.295. The van der Waals surface area contributed by atoms with Gasteiger partial charge in [-0.15, -0.1) is 0 Å². The first-order chi connectivity index (χ1) is 9.11. The average Bonchev–Trinajstić information content (AvgIpc) is 2.38. The quantitative estimate of drug-likeness (QED) is 0.766. The fourth-order valence-electron chi connectivity index (χ4n) is 1.99. The monoisotopic (exact) mass is 322 g/mol. The van der Waals surface area contributed by atoms with Crippen molar-refractivity contribution < 1.29 is 9.13 Å². The predicted octanol–water partition coefficient (Wildman–Crippen LogP) is 5.04. The Labute approximate surface area is 121 Å². The number of aryl methyl sites for hydroxylation is 2. The smallest absolute Gasteiger partial charge is 0.137 e. The second kappa shape index (κ2) is 6.20. The zero-order valence-electron chi connectivity index (χ0n) is 11.0. The second-order valence-electron chi connectivity index (χ2n) is 4.47. The lowest BCUT2D eigenvalue weighted by Gasteiger charge is -2.14. The Balaban J connectivity index is 2.22. The van der Waals surface area contributed by atoms with Gasteiger partial charge >= 0.3 is 0 Å². The van der Waals surface area contributed by atoms with Gasteiger partial charge in [0.25, 0.3) is 0 Å². The van der Waals surface area contributed by atoms with Crippen LogP contribution in [0.25, 0.3) is 0 Å². The standard InChI is InChI=1S/C16H16BrFO/c1-3-12-8-11(2)9-14(17)16(12)19-10-13-6-4-5-7-15(13)18/h4-9H,3,10H2,1-2H3. The van der Waals surface area contributed by atoms with Gasteiger partial charge in [-0.3, -0.25) is 0 Å². The van der Waals surface area contributed by atoms with Crippen molar-refractivity contribution in [2.24, 2.45) is 0 Å². The van der Waals surface area contributed by atoms with Crippen LogP contribution in [0.15, 0.2) is 40.9 Å². The molecule has 0 N–H and O–H groups in total. The van der Waals surface area contributed by atoms with Crippen LogP contribution < -0.4 is 4.74 Å². The van der Waals surface area contributed by atoms with E-state index in [1.165, 1.54) is 11.6 Å². The summed E-state index contributed by atoms with van der Waals surface area (Å²) >= 11 is 3.51. The third-order valence-corrected chi connectivity index (χ3v) is 3.56. The van der Waals surface area contributed by atoms with Gasteiger partial charge in [-0.25, -0.2) is 4.39 Å². The van der Waals surface area contributed by atoms with Gasteiger partial charge in [-0.1, -0.05) is 31.2 Å². The van der Waals surface area contributed by atoms with E-state index in [0.717, 1.165) is 22.2 Å². The largest absolute Gasteiger partial charge is 0.487 e. The van der Waals surface area contributed by atoms with E-state index in [2.05, 4.69) is 28.9 Å². The van der Waals surface area contributed by atoms with E-state index in [-0.39, 0.29) is 12.4 Å². The molecule has 19 heavy (non-hydrogen) atoms. The van der Waals surface area contributed by atoms with E-state index in [0.29, 0.717) is 5.56 Å². The fourth-order valence-corrected chi connectivity index (χ4v) is 2.72. The minimum Gasteiger partial charge on any atom is -0.487 e. The van der Waals surface area contributed by atoms with E-state index < -0.39 is 0 Å². The maximum atomic E-state index is 13.5. The summed E-state index contributed by atoms with van der Waals surface area (Å²) in [5, 5.41) is 0. The maximum Gasteiger partial charge on any atom is 0.137 e. The second-order valence-corrected chi connectivity index (χ2v) is 5.32. The van der Waals surface area contributed by atoms with Crippen LogP contribution in [0.2, 0.25) is 0 Å². The first kappa shape index (κ1) is 14.1. The third kappa shape index (κ3) is 3.35. The molecule has 0 bridgehead atoms. The minimum atomic E-state index is -0.233. The topological polar surface area (TPSA) is 9.23 Å². The number of halogens is 2. The highest BCUT2D eigenvalue weighted by atomic mass is 79.9.